The molecule has 3 saturated carbocycles. The molecule has 1 N–H and O–H groups in total. The summed E-state index contributed by atoms with van der Waals surface area (Å²) in [5, 5.41) is 3.72. The summed E-state index contributed by atoms with van der Waals surface area (Å²) in [7, 11) is 0. The van der Waals surface area contributed by atoms with Crippen molar-refractivity contribution in [2.75, 3.05) is 5.32 Å². The Morgan fingerprint density at radius 2 is 1.89 bits per heavy atom. The van der Waals surface area contributed by atoms with E-state index >= 15 is 0 Å². The highest BCUT2D eigenvalue weighted by molar-refractivity contribution is 5.38. The fourth-order valence-corrected chi connectivity index (χ4v) is 5.21. The highest BCUT2D eigenvalue weighted by Gasteiger charge is 2.53. The molecule has 2 bridgehead atoms. The Bertz CT molecular complexity index is 479. The number of hydrogen-bond donors (Lipinski definition) is 1. The number of aromatic nitrogens is 2. The second-order valence-electron chi connectivity index (χ2n) is 6.85. The fraction of sp³-hybridized carbons (Fsp3) is 0.750. The first-order valence-corrected chi connectivity index (χ1v) is 7.79. The van der Waals surface area contributed by atoms with E-state index < -0.39 is 0 Å². The maximum absolute atomic E-state index is 4.54. The van der Waals surface area contributed by atoms with Gasteiger partial charge in [0.05, 0.1) is 0 Å². The largest absolute Gasteiger partial charge is 0.367 e. The summed E-state index contributed by atoms with van der Waals surface area (Å²) in [5.74, 6) is 5.91. The average molecular weight is 257 g/mol. The smallest absolute Gasteiger partial charge is 0.130 e. The monoisotopic (exact) mass is 257 g/mol. The van der Waals surface area contributed by atoms with Gasteiger partial charge in [0.15, 0.2) is 0 Å². The number of nitrogens with one attached hydrogen (secondary N) is 1. The molecule has 5 atom stereocenters. The van der Waals surface area contributed by atoms with E-state index in [2.05, 4.69) is 21.4 Å². The zero-order valence-electron chi connectivity index (χ0n) is 11.9. The van der Waals surface area contributed by atoms with Crippen LogP contribution >= 0.6 is 0 Å². The van der Waals surface area contributed by atoms with Gasteiger partial charge in [-0.3, -0.25) is 0 Å². The van der Waals surface area contributed by atoms with Gasteiger partial charge in [0.25, 0.3) is 0 Å². The first-order chi connectivity index (χ1) is 9.20. The van der Waals surface area contributed by atoms with Gasteiger partial charge in [0.1, 0.15) is 11.6 Å². The zero-order valence-corrected chi connectivity index (χ0v) is 11.9. The molecule has 3 heteroatoms. The molecule has 1 heterocycles. The number of fused-ring (bicyclic) bond motifs is 5. The summed E-state index contributed by atoms with van der Waals surface area (Å²) in [5.41, 5.74) is 1.07. The summed E-state index contributed by atoms with van der Waals surface area (Å²) in [6, 6.07) is 2.75. The quantitative estimate of drug-likeness (QED) is 0.883. The Balaban J connectivity index is 1.52. The number of nitrogens with zero attached hydrogens (tertiary/aromatic N) is 2. The number of aryl methyl sites for hydroxylation is 2. The van der Waals surface area contributed by atoms with E-state index in [4.69, 9.17) is 0 Å². The number of anilines is 1. The van der Waals surface area contributed by atoms with Crippen molar-refractivity contribution < 1.29 is 0 Å². The van der Waals surface area contributed by atoms with E-state index in [-0.39, 0.29) is 0 Å². The molecule has 1 aromatic heterocycles. The second kappa shape index (κ2) is 4.19. The predicted octanol–water partition coefficient (Wildman–Crippen LogP) is 3.33. The Hall–Kier alpha value is -1.12. The Morgan fingerprint density at radius 3 is 2.74 bits per heavy atom. The van der Waals surface area contributed by atoms with E-state index in [0.717, 1.165) is 41.0 Å². The lowest BCUT2D eigenvalue weighted by atomic mass is 9.79. The molecule has 3 aliphatic rings. The first kappa shape index (κ1) is 11.7. The van der Waals surface area contributed by atoms with Crippen LogP contribution in [0.4, 0.5) is 5.82 Å². The van der Waals surface area contributed by atoms with Crippen LogP contribution in [0.25, 0.3) is 0 Å². The van der Waals surface area contributed by atoms with E-state index in [0.29, 0.717) is 6.04 Å². The lowest BCUT2D eigenvalue weighted by Crippen LogP contribution is -2.34. The van der Waals surface area contributed by atoms with Gasteiger partial charge in [-0.2, -0.15) is 0 Å². The van der Waals surface area contributed by atoms with Crippen LogP contribution in [0.5, 0.6) is 0 Å². The predicted molar refractivity (Wildman–Crippen MR) is 76.0 cm³/mol. The van der Waals surface area contributed by atoms with Gasteiger partial charge in [-0.15, -0.1) is 0 Å². The van der Waals surface area contributed by atoms with Crippen molar-refractivity contribution in [1.82, 2.24) is 9.97 Å². The van der Waals surface area contributed by atoms with Gasteiger partial charge < -0.3 is 5.32 Å². The van der Waals surface area contributed by atoms with E-state index in [9.17, 15) is 0 Å². The summed E-state index contributed by atoms with van der Waals surface area (Å²) in [6.07, 6.45) is 7.29. The van der Waals surface area contributed by atoms with Gasteiger partial charge in [-0.05, 0) is 63.2 Å². The topological polar surface area (TPSA) is 37.8 Å². The van der Waals surface area contributed by atoms with Crippen LogP contribution in [0, 0.1) is 37.5 Å². The Labute approximate surface area is 115 Å². The van der Waals surface area contributed by atoms with Crippen LogP contribution in [0.3, 0.4) is 0 Å². The van der Waals surface area contributed by atoms with Crippen molar-refractivity contribution >= 4 is 5.82 Å². The van der Waals surface area contributed by atoms with Gasteiger partial charge in [-0.1, -0.05) is 6.42 Å². The maximum Gasteiger partial charge on any atom is 0.130 e. The highest BCUT2D eigenvalue weighted by Crippen LogP contribution is 2.59. The van der Waals surface area contributed by atoms with Crippen LogP contribution in [0.1, 0.15) is 43.6 Å². The Morgan fingerprint density at radius 1 is 1.05 bits per heavy atom. The molecule has 0 aliphatic heterocycles. The highest BCUT2D eigenvalue weighted by atomic mass is 15.1. The maximum atomic E-state index is 4.54. The third-order valence-corrected chi connectivity index (χ3v) is 5.73. The van der Waals surface area contributed by atoms with E-state index in [1.807, 2.05) is 13.8 Å². The second-order valence-corrected chi connectivity index (χ2v) is 6.85. The molecule has 0 spiro atoms. The van der Waals surface area contributed by atoms with Crippen molar-refractivity contribution in [2.24, 2.45) is 23.7 Å². The van der Waals surface area contributed by atoms with Crippen molar-refractivity contribution in [2.45, 2.75) is 52.0 Å². The molecule has 0 saturated heterocycles. The SMILES string of the molecule is Cc1cc(NC2CC3CC2C2CCCC32)nc(C)n1. The fourth-order valence-electron chi connectivity index (χ4n) is 5.21. The van der Waals surface area contributed by atoms with Gasteiger partial charge in [0.2, 0.25) is 0 Å². The molecule has 0 radical (unpaired) electrons. The first-order valence-electron chi connectivity index (χ1n) is 7.79. The lowest BCUT2D eigenvalue weighted by Gasteiger charge is -2.32. The summed E-state index contributed by atoms with van der Waals surface area (Å²) in [6.45, 7) is 4.03. The van der Waals surface area contributed by atoms with Crippen LogP contribution in [0.2, 0.25) is 0 Å². The molecule has 3 aliphatic carbocycles. The summed E-state index contributed by atoms with van der Waals surface area (Å²) < 4.78 is 0. The van der Waals surface area contributed by atoms with Gasteiger partial charge in [-0.25, -0.2) is 9.97 Å². The molecule has 0 aromatic carbocycles. The third-order valence-electron chi connectivity index (χ3n) is 5.73. The van der Waals surface area contributed by atoms with Crippen molar-refractivity contribution in [3.8, 4) is 0 Å². The molecular weight excluding hydrogens is 234 g/mol. The molecule has 3 nitrogen and oxygen atoms in total. The van der Waals surface area contributed by atoms with Crippen LogP contribution in [-0.2, 0) is 0 Å². The van der Waals surface area contributed by atoms with Crippen LogP contribution < -0.4 is 5.32 Å². The summed E-state index contributed by atoms with van der Waals surface area (Å²) >= 11 is 0. The normalized spacial score (nSPS) is 39.6. The molecule has 102 valence electrons. The lowest BCUT2D eigenvalue weighted by molar-refractivity contribution is 0.243. The summed E-state index contributed by atoms with van der Waals surface area (Å²) in [4.78, 5) is 8.90. The van der Waals surface area contributed by atoms with Crippen LogP contribution in [0.15, 0.2) is 6.07 Å². The van der Waals surface area contributed by atoms with Crippen molar-refractivity contribution in [3.63, 3.8) is 0 Å². The average Bonchev–Trinajstić information content (AvgIpc) is 2.97. The molecular formula is C16H23N3. The number of rotatable bonds is 2. The third kappa shape index (κ3) is 1.86. The Kier molecular flexibility index (Phi) is 2.58. The molecule has 3 fully saturated rings. The van der Waals surface area contributed by atoms with Crippen molar-refractivity contribution in [3.05, 3.63) is 17.6 Å². The van der Waals surface area contributed by atoms with E-state index in [1.54, 1.807) is 0 Å². The molecule has 4 rings (SSSR count). The number of hydrogen-bond acceptors (Lipinski definition) is 3. The molecule has 5 unspecified atom stereocenters. The zero-order chi connectivity index (χ0) is 13.0. The minimum Gasteiger partial charge on any atom is -0.367 e. The molecule has 0 amide bonds. The van der Waals surface area contributed by atoms with Gasteiger partial charge in [0, 0.05) is 17.8 Å². The van der Waals surface area contributed by atoms with Gasteiger partial charge >= 0.3 is 0 Å². The molecule has 19 heavy (non-hydrogen) atoms. The minimum atomic E-state index is 0.665. The van der Waals surface area contributed by atoms with Crippen molar-refractivity contribution in [1.29, 1.82) is 0 Å². The van der Waals surface area contributed by atoms with E-state index in [1.165, 1.54) is 32.1 Å². The van der Waals surface area contributed by atoms with Crippen LogP contribution in [-0.4, -0.2) is 16.0 Å². The molecule has 1 aromatic rings. The minimum absolute atomic E-state index is 0.665. The standard InChI is InChI=1S/C16H23N3/c1-9-6-16(18-10(2)17-9)19-15-8-11-7-14(15)13-5-3-4-12(11)13/h6,11-15H,3-5,7-8H2,1-2H3,(H,17,18,19).